The zero-order valence-corrected chi connectivity index (χ0v) is 12.4. The Morgan fingerprint density at radius 1 is 1.55 bits per heavy atom. The first-order valence-electron chi connectivity index (χ1n) is 7.29. The summed E-state index contributed by atoms with van der Waals surface area (Å²) in [5.41, 5.74) is 2.40. The van der Waals surface area contributed by atoms with Crippen molar-refractivity contribution in [3.8, 4) is 5.75 Å². The maximum Gasteiger partial charge on any atom is 0.274 e. The van der Waals surface area contributed by atoms with Crippen LogP contribution in [0.25, 0.3) is 0 Å². The molecule has 2 aromatic rings. The molecule has 0 aromatic carbocycles. The summed E-state index contributed by atoms with van der Waals surface area (Å²) < 4.78 is 5.16. The molecule has 1 amide bonds. The number of nitrogens with one attached hydrogen (secondary N) is 3. The van der Waals surface area contributed by atoms with Gasteiger partial charge < -0.3 is 15.4 Å². The van der Waals surface area contributed by atoms with Gasteiger partial charge >= 0.3 is 0 Å². The Kier molecular flexibility index (Phi) is 4.34. The largest absolute Gasteiger partial charge is 0.494 e. The fraction of sp³-hybridized carbons (Fsp3) is 0.400. The van der Waals surface area contributed by atoms with Crippen molar-refractivity contribution in [2.24, 2.45) is 0 Å². The van der Waals surface area contributed by atoms with Gasteiger partial charge in [0.25, 0.3) is 5.91 Å². The third kappa shape index (κ3) is 2.94. The minimum absolute atomic E-state index is 0.255. The third-order valence-electron chi connectivity index (χ3n) is 3.86. The molecule has 1 aliphatic rings. The Morgan fingerprint density at radius 3 is 3.23 bits per heavy atom. The van der Waals surface area contributed by atoms with Gasteiger partial charge in [0, 0.05) is 36.5 Å². The monoisotopic (exact) mass is 301 g/mol. The van der Waals surface area contributed by atoms with E-state index in [2.05, 4.69) is 25.8 Å². The summed E-state index contributed by atoms with van der Waals surface area (Å²) >= 11 is 0. The molecular formula is C15H19N5O2. The van der Waals surface area contributed by atoms with Gasteiger partial charge in [-0.05, 0) is 25.1 Å². The van der Waals surface area contributed by atoms with Gasteiger partial charge in [-0.3, -0.25) is 9.89 Å². The van der Waals surface area contributed by atoms with E-state index < -0.39 is 0 Å². The molecule has 0 radical (unpaired) electrons. The van der Waals surface area contributed by atoms with E-state index in [0.29, 0.717) is 18.2 Å². The van der Waals surface area contributed by atoms with Crippen LogP contribution < -0.4 is 15.4 Å². The van der Waals surface area contributed by atoms with Gasteiger partial charge in [0.2, 0.25) is 0 Å². The zero-order chi connectivity index (χ0) is 15.4. The summed E-state index contributed by atoms with van der Waals surface area (Å²) in [7, 11) is 1.52. The normalized spacial score (nSPS) is 17.4. The molecule has 0 aliphatic carbocycles. The van der Waals surface area contributed by atoms with E-state index in [1.165, 1.54) is 7.11 Å². The molecule has 1 saturated heterocycles. The third-order valence-corrected chi connectivity index (χ3v) is 3.86. The summed E-state index contributed by atoms with van der Waals surface area (Å²) in [5, 5.41) is 13.4. The maximum atomic E-state index is 12.3. The van der Waals surface area contributed by atoms with Crippen molar-refractivity contribution >= 4 is 5.91 Å². The molecule has 1 atom stereocenters. The van der Waals surface area contributed by atoms with E-state index >= 15 is 0 Å². The first kappa shape index (κ1) is 14.5. The first-order chi connectivity index (χ1) is 10.8. The van der Waals surface area contributed by atoms with Gasteiger partial charge in [0.1, 0.15) is 5.75 Å². The smallest absolute Gasteiger partial charge is 0.274 e. The number of carbonyl (C=O) groups is 1. The van der Waals surface area contributed by atoms with Gasteiger partial charge in [-0.25, -0.2) is 4.98 Å². The van der Waals surface area contributed by atoms with Crippen LogP contribution in [0.3, 0.4) is 0 Å². The van der Waals surface area contributed by atoms with Gasteiger partial charge in [0.15, 0.2) is 5.69 Å². The second kappa shape index (κ2) is 6.57. The van der Waals surface area contributed by atoms with Crippen LogP contribution >= 0.6 is 0 Å². The Morgan fingerprint density at radius 2 is 2.45 bits per heavy atom. The molecule has 7 heteroatoms. The number of aromatic nitrogens is 3. The average molecular weight is 301 g/mol. The second-order valence-corrected chi connectivity index (χ2v) is 5.24. The van der Waals surface area contributed by atoms with Crippen LogP contribution in [0.4, 0.5) is 0 Å². The van der Waals surface area contributed by atoms with Crippen molar-refractivity contribution in [2.45, 2.75) is 18.9 Å². The predicted octanol–water partition coefficient (Wildman–Crippen LogP) is 0.820. The Hall–Kier alpha value is -2.41. The lowest BCUT2D eigenvalue weighted by Crippen LogP contribution is -2.25. The van der Waals surface area contributed by atoms with Crippen molar-refractivity contribution < 1.29 is 9.53 Å². The quantitative estimate of drug-likeness (QED) is 0.760. The lowest BCUT2D eigenvalue weighted by Gasteiger charge is -2.11. The molecule has 1 fully saturated rings. The van der Waals surface area contributed by atoms with Gasteiger partial charge in [0.05, 0.1) is 13.3 Å². The number of H-pyrrole nitrogens is 1. The van der Waals surface area contributed by atoms with Crippen LogP contribution in [0.15, 0.2) is 24.5 Å². The summed E-state index contributed by atoms with van der Waals surface area (Å²) in [6.07, 6.45) is 4.42. The Labute approximate surface area is 128 Å². The van der Waals surface area contributed by atoms with Crippen LogP contribution in [0.2, 0.25) is 0 Å². The van der Waals surface area contributed by atoms with Crippen molar-refractivity contribution in [3.63, 3.8) is 0 Å². The molecule has 7 nitrogen and oxygen atoms in total. The maximum absolute atomic E-state index is 12.3. The first-order valence-corrected chi connectivity index (χ1v) is 7.29. The molecule has 1 unspecified atom stereocenters. The SMILES string of the molecule is COc1cccnc1C(=O)NCc1cn[nH]c1C1CCNC1. The fourth-order valence-corrected chi connectivity index (χ4v) is 2.70. The number of hydrogen-bond donors (Lipinski definition) is 3. The average Bonchev–Trinajstić information content (AvgIpc) is 3.23. The number of methoxy groups -OCH3 is 1. The number of amides is 1. The van der Waals surface area contributed by atoms with E-state index in [0.717, 1.165) is 30.8 Å². The number of pyridine rings is 1. The minimum Gasteiger partial charge on any atom is -0.494 e. The molecule has 3 N–H and O–H groups in total. The highest BCUT2D eigenvalue weighted by atomic mass is 16.5. The van der Waals surface area contributed by atoms with Crippen LogP contribution in [0.1, 0.15) is 34.1 Å². The van der Waals surface area contributed by atoms with Gasteiger partial charge in [-0.15, -0.1) is 0 Å². The van der Waals surface area contributed by atoms with E-state index in [9.17, 15) is 4.79 Å². The van der Waals surface area contributed by atoms with Crippen LogP contribution in [0, 0.1) is 0 Å². The Balaban J connectivity index is 1.68. The molecule has 0 spiro atoms. The van der Waals surface area contributed by atoms with Crippen LogP contribution in [-0.4, -0.2) is 41.3 Å². The molecule has 1 aliphatic heterocycles. The molecule has 3 rings (SSSR count). The standard InChI is InChI=1S/C15H19N5O2/c1-22-12-3-2-5-17-14(12)15(21)18-8-11-9-19-20-13(11)10-4-6-16-7-10/h2-3,5,9-10,16H,4,6-8H2,1H3,(H,18,21)(H,19,20). The topological polar surface area (TPSA) is 91.9 Å². The predicted molar refractivity (Wildman–Crippen MR) is 80.8 cm³/mol. The van der Waals surface area contributed by atoms with E-state index in [4.69, 9.17) is 4.74 Å². The number of carbonyl (C=O) groups excluding carboxylic acids is 1. The summed E-state index contributed by atoms with van der Waals surface area (Å²) in [6.45, 7) is 2.37. The highest BCUT2D eigenvalue weighted by Gasteiger charge is 2.22. The number of nitrogens with zero attached hydrogens (tertiary/aromatic N) is 2. The summed E-state index contributed by atoms with van der Waals surface area (Å²) in [5.74, 6) is 0.639. The van der Waals surface area contributed by atoms with Crippen molar-refractivity contribution in [2.75, 3.05) is 20.2 Å². The molecule has 116 valence electrons. The van der Waals surface area contributed by atoms with E-state index in [1.54, 1.807) is 24.5 Å². The number of ether oxygens (including phenoxy) is 1. The minimum atomic E-state index is -0.255. The summed E-state index contributed by atoms with van der Waals surface area (Å²) in [6, 6.07) is 3.45. The highest BCUT2D eigenvalue weighted by molar-refractivity contribution is 5.94. The molecular weight excluding hydrogens is 282 g/mol. The molecule has 2 aromatic heterocycles. The molecule has 3 heterocycles. The molecule has 0 bridgehead atoms. The van der Waals surface area contributed by atoms with Gasteiger partial charge in [-0.1, -0.05) is 0 Å². The molecule has 0 saturated carbocycles. The number of hydrogen-bond acceptors (Lipinski definition) is 5. The van der Waals surface area contributed by atoms with Gasteiger partial charge in [-0.2, -0.15) is 5.10 Å². The molecule has 22 heavy (non-hydrogen) atoms. The fourth-order valence-electron chi connectivity index (χ4n) is 2.70. The van der Waals surface area contributed by atoms with Crippen LogP contribution in [-0.2, 0) is 6.54 Å². The second-order valence-electron chi connectivity index (χ2n) is 5.24. The van der Waals surface area contributed by atoms with Crippen LogP contribution in [0.5, 0.6) is 5.75 Å². The Bertz CT molecular complexity index is 649. The van der Waals surface area contributed by atoms with Crippen molar-refractivity contribution in [1.29, 1.82) is 0 Å². The lowest BCUT2D eigenvalue weighted by molar-refractivity contribution is 0.0942. The number of rotatable bonds is 5. The van der Waals surface area contributed by atoms with E-state index in [1.807, 2.05) is 0 Å². The summed E-state index contributed by atoms with van der Waals surface area (Å²) in [4.78, 5) is 16.3. The van der Waals surface area contributed by atoms with Crippen molar-refractivity contribution in [1.82, 2.24) is 25.8 Å². The highest BCUT2D eigenvalue weighted by Crippen LogP contribution is 2.23. The lowest BCUT2D eigenvalue weighted by atomic mass is 10.0. The van der Waals surface area contributed by atoms with E-state index in [-0.39, 0.29) is 11.6 Å². The zero-order valence-electron chi connectivity index (χ0n) is 12.4. The number of aromatic amines is 1. The van der Waals surface area contributed by atoms with Crippen molar-refractivity contribution in [3.05, 3.63) is 41.5 Å².